The van der Waals surface area contributed by atoms with E-state index in [2.05, 4.69) is 58.8 Å². The van der Waals surface area contributed by atoms with Crippen LogP contribution < -0.4 is 20.1 Å². The molecule has 266 valence electrons. The van der Waals surface area contributed by atoms with Gasteiger partial charge in [0.15, 0.2) is 0 Å². The van der Waals surface area contributed by atoms with Gasteiger partial charge in [-0.2, -0.15) is 0 Å². The molecule has 4 aliphatic rings. The predicted molar refractivity (Wildman–Crippen MR) is 203 cm³/mol. The van der Waals surface area contributed by atoms with E-state index in [0.717, 1.165) is 87.3 Å². The van der Waals surface area contributed by atoms with Gasteiger partial charge < -0.3 is 29.9 Å². The summed E-state index contributed by atoms with van der Waals surface area (Å²) in [5.41, 5.74) is 8.38. The van der Waals surface area contributed by atoms with Gasteiger partial charge in [-0.25, -0.2) is 0 Å². The molecule has 2 heterocycles. The molecule has 0 saturated heterocycles. The van der Waals surface area contributed by atoms with Crippen LogP contribution in [0.1, 0.15) is 81.5 Å². The maximum Gasteiger partial charge on any atom is 0.255 e. The number of fused-ring (bicyclic) bond motifs is 2. The third-order valence-electron chi connectivity index (χ3n) is 10.4. The fourth-order valence-electron chi connectivity index (χ4n) is 7.04. The number of amides is 2. The Kier molecular flexibility index (Phi) is 11.0. The Labute approximate surface area is 302 Å². The van der Waals surface area contributed by atoms with Crippen LogP contribution in [0.2, 0.25) is 0 Å². The lowest BCUT2D eigenvalue weighted by Crippen LogP contribution is -2.26. The van der Waals surface area contributed by atoms with Crippen molar-refractivity contribution in [2.45, 2.75) is 70.6 Å². The molecule has 2 aliphatic heterocycles. The van der Waals surface area contributed by atoms with Crippen LogP contribution in [0.4, 0.5) is 11.4 Å². The SMILES string of the molecule is CN1CCc2ccc(NC(=O)c3ccc(OC4CCCC4)cc3)cc2C1.CN1CCc2ccc(NC(=O)c3ccc(OCC4CC4)cc3)cc2C1. The summed E-state index contributed by atoms with van der Waals surface area (Å²) in [6, 6.07) is 27.3. The molecular weight excluding hydrogens is 636 g/mol. The molecule has 8 heteroatoms. The Balaban J connectivity index is 0.000000159. The van der Waals surface area contributed by atoms with Gasteiger partial charge in [-0.1, -0.05) is 12.1 Å². The highest BCUT2D eigenvalue weighted by atomic mass is 16.5. The molecule has 8 nitrogen and oxygen atoms in total. The van der Waals surface area contributed by atoms with Crippen LogP contribution in [-0.4, -0.2) is 61.5 Å². The van der Waals surface area contributed by atoms with Crippen LogP contribution >= 0.6 is 0 Å². The molecule has 51 heavy (non-hydrogen) atoms. The van der Waals surface area contributed by atoms with Gasteiger partial charge in [0.05, 0.1) is 12.7 Å². The summed E-state index contributed by atoms with van der Waals surface area (Å²) < 4.78 is 11.7. The van der Waals surface area contributed by atoms with Crippen molar-refractivity contribution in [2.75, 3.05) is 44.4 Å². The van der Waals surface area contributed by atoms with E-state index >= 15 is 0 Å². The molecule has 2 saturated carbocycles. The molecule has 4 aromatic rings. The van der Waals surface area contributed by atoms with Crippen molar-refractivity contribution in [2.24, 2.45) is 5.92 Å². The highest BCUT2D eigenvalue weighted by Crippen LogP contribution is 2.30. The minimum Gasteiger partial charge on any atom is -0.493 e. The summed E-state index contributed by atoms with van der Waals surface area (Å²) in [6.07, 6.45) is 9.80. The van der Waals surface area contributed by atoms with Crippen molar-refractivity contribution in [3.05, 3.63) is 118 Å². The molecule has 0 unspecified atom stereocenters. The third kappa shape index (κ3) is 9.57. The minimum absolute atomic E-state index is 0.0819. The van der Waals surface area contributed by atoms with Crippen molar-refractivity contribution in [3.63, 3.8) is 0 Å². The number of carbonyl (C=O) groups is 2. The van der Waals surface area contributed by atoms with Gasteiger partial charge >= 0.3 is 0 Å². The van der Waals surface area contributed by atoms with Crippen LogP contribution in [-0.2, 0) is 25.9 Å². The van der Waals surface area contributed by atoms with Gasteiger partial charge in [-0.05, 0) is 166 Å². The van der Waals surface area contributed by atoms with E-state index < -0.39 is 0 Å². The maximum absolute atomic E-state index is 12.5. The predicted octanol–water partition coefficient (Wildman–Crippen LogP) is 7.96. The number of nitrogens with zero attached hydrogens (tertiary/aromatic N) is 2. The first-order valence-corrected chi connectivity index (χ1v) is 18.6. The Morgan fingerprint density at radius 2 is 1.12 bits per heavy atom. The number of benzene rings is 4. The van der Waals surface area contributed by atoms with Crippen molar-refractivity contribution in [1.82, 2.24) is 9.80 Å². The second-order valence-corrected chi connectivity index (χ2v) is 14.7. The quantitative estimate of drug-likeness (QED) is 0.186. The largest absolute Gasteiger partial charge is 0.493 e. The summed E-state index contributed by atoms with van der Waals surface area (Å²) in [7, 11) is 4.25. The van der Waals surface area contributed by atoms with E-state index in [-0.39, 0.29) is 11.8 Å². The number of hydrogen-bond acceptors (Lipinski definition) is 6. The summed E-state index contributed by atoms with van der Waals surface area (Å²) >= 11 is 0. The number of likely N-dealkylation sites (N-methyl/N-ethyl adjacent to an activating group) is 2. The third-order valence-corrected chi connectivity index (χ3v) is 10.4. The fraction of sp³-hybridized carbons (Fsp3) is 0.395. The number of nitrogens with one attached hydrogen (secondary N) is 2. The molecule has 0 bridgehead atoms. The zero-order valence-corrected chi connectivity index (χ0v) is 30.0. The summed E-state index contributed by atoms with van der Waals surface area (Å²) in [5, 5.41) is 6.02. The van der Waals surface area contributed by atoms with Crippen LogP contribution in [0.25, 0.3) is 0 Å². The van der Waals surface area contributed by atoms with E-state index in [0.29, 0.717) is 17.2 Å². The Hall–Kier alpha value is -4.66. The average molecular weight is 687 g/mol. The second kappa shape index (κ2) is 16.1. The van der Waals surface area contributed by atoms with Crippen LogP contribution in [0.3, 0.4) is 0 Å². The molecule has 0 aromatic heterocycles. The first-order chi connectivity index (χ1) is 24.8. The molecule has 0 atom stereocenters. The fourth-order valence-corrected chi connectivity index (χ4v) is 7.04. The van der Waals surface area contributed by atoms with Crippen molar-refractivity contribution < 1.29 is 19.1 Å². The lowest BCUT2D eigenvalue weighted by Gasteiger charge is -2.25. The van der Waals surface area contributed by atoms with Crippen molar-refractivity contribution in [3.8, 4) is 11.5 Å². The van der Waals surface area contributed by atoms with Crippen LogP contribution in [0, 0.1) is 5.92 Å². The zero-order valence-electron chi connectivity index (χ0n) is 30.0. The molecular formula is C43H50N4O4. The first kappa shape index (κ1) is 34.8. The Bertz CT molecular complexity index is 1810. The van der Waals surface area contributed by atoms with Gasteiger partial charge in [0.2, 0.25) is 0 Å². The number of carbonyl (C=O) groups excluding carboxylic acids is 2. The second-order valence-electron chi connectivity index (χ2n) is 14.7. The molecule has 0 spiro atoms. The lowest BCUT2D eigenvalue weighted by atomic mass is 9.99. The topological polar surface area (TPSA) is 83.1 Å². The van der Waals surface area contributed by atoms with Gasteiger partial charge in [-0.3, -0.25) is 9.59 Å². The van der Waals surface area contributed by atoms with Gasteiger partial charge in [0.1, 0.15) is 11.5 Å². The molecule has 4 aromatic carbocycles. The molecule has 8 rings (SSSR count). The summed E-state index contributed by atoms with van der Waals surface area (Å²) in [6.45, 7) is 4.84. The molecule has 2 fully saturated rings. The van der Waals surface area contributed by atoms with Crippen molar-refractivity contribution >= 4 is 23.2 Å². The number of anilines is 2. The highest BCUT2D eigenvalue weighted by Gasteiger charge is 2.22. The summed E-state index contributed by atoms with van der Waals surface area (Å²) in [5.74, 6) is 2.25. The normalized spacial score (nSPS) is 17.4. The van der Waals surface area contributed by atoms with Gasteiger partial charge in [-0.15, -0.1) is 0 Å². The molecule has 2 aliphatic carbocycles. The smallest absolute Gasteiger partial charge is 0.255 e. The number of rotatable bonds is 9. The molecule has 2 N–H and O–H groups in total. The minimum atomic E-state index is -0.0853. The van der Waals surface area contributed by atoms with E-state index in [4.69, 9.17) is 9.47 Å². The van der Waals surface area contributed by atoms with E-state index in [1.807, 2.05) is 60.7 Å². The maximum atomic E-state index is 12.5. The zero-order chi connectivity index (χ0) is 35.2. The van der Waals surface area contributed by atoms with E-state index in [1.54, 1.807) is 0 Å². The Morgan fingerprint density at radius 3 is 1.61 bits per heavy atom. The van der Waals surface area contributed by atoms with E-state index in [9.17, 15) is 9.59 Å². The first-order valence-electron chi connectivity index (χ1n) is 18.6. The van der Waals surface area contributed by atoms with Crippen LogP contribution in [0.15, 0.2) is 84.9 Å². The van der Waals surface area contributed by atoms with Gasteiger partial charge in [0.25, 0.3) is 11.8 Å². The summed E-state index contributed by atoms with van der Waals surface area (Å²) in [4.78, 5) is 29.6. The number of ether oxygens (including phenoxy) is 2. The van der Waals surface area contributed by atoms with Crippen molar-refractivity contribution in [1.29, 1.82) is 0 Å². The number of hydrogen-bond donors (Lipinski definition) is 2. The molecule has 2 amide bonds. The highest BCUT2D eigenvalue weighted by molar-refractivity contribution is 6.05. The van der Waals surface area contributed by atoms with Gasteiger partial charge in [0, 0.05) is 48.7 Å². The Morgan fingerprint density at radius 1 is 0.627 bits per heavy atom. The van der Waals surface area contributed by atoms with Crippen LogP contribution in [0.5, 0.6) is 11.5 Å². The molecule has 0 radical (unpaired) electrons. The standard InChI is InChI=1S/C22H26N2O2.C21H24N2O2/c1-24-13-12-16-6-9-19(14-18(16)15-24)23-22(25)17-7-10-21(11-8-17)26-20-4-2-3-5-20;1-23-11-10-16-4-7-19(12-18(16)13-23)22-21(24)17-5-8-20(9-6-17)25-14-15-2-3-15/h6-11,14,20H,2-5,12-13,15H2,1H3,(H,23,25);4-9,12,15H,2-3,10-11,13-14H2,1H3,(H,22,24). The average Bonchev–Trinajstić information content (AvgIpc) is 3.84. The monoisotopic (exact) mass is 686 g/mol. The lowest BCUT2D eigenvalue weighted by molar-refractivity contribution is 0.101. The van der Waals surface area contributed by atoms with E-state index in [1.165, 1.54) is 47.9 Å².